The van der Waals surface area contributed by atoms with Gasteiger partial charge in [-0.2, -0.15) is 0 Å². The number of halogens is 2. The molecule has 4 nitrogen and oxygen atoms in total. The topological polar surface area (TPSA) is 66.4 Å². The van der Waals surface area contributed by atoms with Crippen molar-refractivity contribution < 1.29 is 14.7 Å². The van der Waals surface area contributed by atoms with Gasteiger partial charge in [0.15, 0.2) is 0 Å². The zero-order valence-corrected chi connectivity index (χ0v) is 12.7. The average molecular weight is 318 g/mol. The molecule has 110 valence electrons. The van der Waals surface area contributed by atoms with Gasteiger partial charge < -0.3 is 10.4 Å². The van der Waals surface area contributed by atoms with E-state index >= 15 is 0 Å². The number of aliphatic carboxylic acids is 1. The van der Waals surface area contributed by atoms with E-state index < -0.39 is 12.0 Å². The number of hydrogen-bond acceptors (Lipinski definition) is 2. The van der Waals surface area contributed by atoms with E-state index in [4.69, 9.17) is 28.3 Å². The Kier molecular flexibility index (Phi) is 6.82. The molecule has 0 saturated carbocycles. The van der Waals surface area contributed by atoms with Crippen LogP contribution in [-0.4, -0.2) is 23.0 Å². The first-order chi connectivity index (χ1) is 9.43. The van der Waals surface area contributed by atoms with Crippen LogP contribution in [0.25, 0.3) is 0 Å². The van der Waals surface area contributed by atoms with Gasteiger partial charge in [-0.25, -0.2) is 4.79 Å². The minimum atomic E-state index is -1.01. The van der Waals surface area contributed by atoms with Gasteiger partial charge in [0.25, 0.3) is 0 Å². The molecule has 6 heteroatoms. The van der Waals surface area contributed by atoms with E-state index in [0.717, 1.165) is 12.8 Å². The zero-order chi connectivity index (χ0) is 15.1. The van der Waals surface area contributed by atoms with E-state index in [1.54, 1.807) is 18.2 Å². The maximum atomic E-state index is 11.8. The minimum Gasteiger partial charge on any atom is -0.480 e. The molecule has 2 N–H and O–H groups in total. The molecule has 0 fully saturated rings. The van der Waals surface area contributed by atoms with E-state index in [1.807, 2.05) is 6.92 Å². The summed E-state index contributed by atoms with van der Waals surface area (Å²) in [7, 11) is 0. The van der Waals surface area contributed by atoms with Crippen LogP contribution in [0.1, 0.15) is 31.7 Å². The smallest absolute Gasteiger partial charge is 0.326 e. The van der Waals surface area contributed by atoms with Crippen molar-refractivity contribution in [1.82, 2.24) is 5.32 Å². The second-order valence-electron chi connectivity index (χ2n) is 4.53. The maximum absolute atomic E-state index is 11.8. The van der Waals surface area contributed by atoms with E-state index in [2.05, 4.69) is 5.32 Å². The molecule has 0 heterocycles. The highest BCUT2D eigenvalue weighted by molar-refractivity contribution is 6.42. The second kappa shape index (κ2) is 8.12. The molecule has 0 unspecified atom stereocenters. The fourth-order valence-electron chi connectivity index (χ4n) is 1.75. The van der Waals surface area contributed by atoms with Gasteiger partial charge >= 0.3 is 5.97 Å². The summed E-state index contributed by atoms with van der Waals surface area (Å²) in [5.74, 6) is -1.35. The van der Waals surface area contributed by atoms with Crippen LogP contribution in [0.3, 0.4) is 0 Å². The van der Waals surface area contributed by atoms with Crippen molar-refractivity contribution in [3.8, 4) is 0 Å². The monoisotopic (exact) mass is 317 g/mol. The molecule has 0 saturated heterocycles. The third-order valence-electron chi connectivity index (χ3n) is 2.83. The Bertz CT molecular complexity index is 491. The van der Waals surface area contributed by atoms with Gasteiger partial charge in [0.1, 0.15) is 6.04 Å². The molecule has 0 spiro atoms. The van der Waals surface area contributed by atoms with Gasteiger partial charge in [0.05, 0.1) is 16.5 Å². The molecule has 20 heavy (non-hydrogen) atoms. The van der Waals surface area contributed by atoms with E-state index in [0.29, 0.717) is 22.0 Å². The molecule has 0 radical (unpaired) electrons. The van der Waals surface area contributed by atoms with Gasteiger partial charge in [0, 0.05) is 0 Å². The number of rotatable bonds is 7. The first-order valence-corrected chi connectivity index (χ1v) is 7.15. The Morgan fingerprint density at radius 1 is 1.30 bits per heavy atom. The number of carboxylic acids is 1. The lowest BCUT2D eigenvalue weighted by molar-refractivity contribution is -0.142. The summed E-state index contributed by atoms with van der Waals surface area (Å²) in [4.78, 5) is 22.9. The van der Waals surface area contributed by atoms with Gasteiger partial charge in [0.2, 0.25) is 5.91 Å². The van der Waals surface area contributed by atoms with Crippen LogP contribution in [0.2, 0.25) is 10.0 Å². The third kappa shape index (κ3) is 5.39. The number of amides is 1. The number of hydrogen-bond donors (Lipinski definition) is 2. The molecule has 1 rings (SSSR count). The maximum Gasteiger partial charge on any atom is 0.326 e. The zero-order valence-electron chi connectivity index (χ0n) is 11.2. The molecular weight excluding hydrogens is 301 g/mol. The fourth-order valence-corrected chi connectivity index (χ4v) is 2.07. The number of unbranched alkanes of at least 4 members (excludes halogenated alkanes) is 1. The van der Waals surface area contributed by atoms with Crippen LogP contribution >= 0.6 is 23.2 Å². The van der Waals surface area contributed by atoms with Crippen LogP contribution in [0.4, 0.5) is 0 Å². The number of carboxylic acid groups (broad SMARTS) is 1. The molecule has 0 aliphatic heterocycles. The van der Waals surface area contributed by atoms with Crippen LogP contribution in [-0.2, 0) is 16.0 Å². The quantitative estimate of drug-likeness (QED) is 0.810. The standard InChI is InChI=1S/C14H17Cl2NO3/c1-2-3-4-12(14(19)20)17-13(18)8-9-5-6-10(15)11(16)7-9/h5-7,12H,2-4,8H2,1H3,(H,17,18)(H,19,20)/t12-/m0/s1. The Labute approximate surface area is 128 Å². The first kappa shape index (κ1) is 16.8. The highest BCUT2D eigenvalue weighted by atomic mass is 35.5. The lowest BCUT2D eigenvalue weighted by Gasteiger charge is -2.14. The largest absolute Gasteiger partial charge is 0.480 e. The van der Waals surface area contributed by atoms with Crippen LogP contribution in [0.5, 0.6) is 0 Å². The summed E-state index contributed by atoms with van der Waals surface area (Å²) in [6.07, 6.45) is 2.14. The number of benzene rings is 1. The highest BCUT2D eigenvalue weighted by Crippen LogP contribution is 2.22. The Morgan fingerprint density at radius 2 is 2.00 bits per heavy atom. The van der Waals surface area contributed by atoms with Crippen molar-refractivity contribution in [3.63, 3.8) is 0 Å². The van der Waals surface area contributed by atoms with Gasteiger partial charge in [-0.1, -0.05) is 49.0 Å². The summed E-state index contributed by atoms with van der Waals surface area (Å²) < 4.78 is 0. The molecule has 0 aliphatic carbocycles. The summed E-state index contributed by atoms with van der Waals surface area (Å²) >= 11 is 11.7. The van der Waals surface area contributed by atoms with Crippen LogP contribution < -0.4 is 5.32 Å². The minimum absolute atomic E-state index is 0.0762. The van der Waals surface area contributed by atoms with Crippen molar-refractivity contribution in [1.29, 1.82) is 0 Å². The van der Waals surface area contributed by atoms with Crippen molar-refractivity contribution >= 4 is 35.1 Å². The number of carbonyl (C=O) groups excluding carboxylic acids is 1. The molecule has 1 aromatic rings. The summed E-state index contributed by atoms with van der Waals surface area (Å²) in [6, 6.07) is 4.06. The Hall–Kier alpha value is -1.26. The SMILES string of the molecule is CCCC[C@H](NC(=O)Cc1ccc(Cl)c(Cl)c1)C(=O)O. The average Bonchev–Trinajstić information content (AvgIpc) is 2.38. The van der Waals surface area contributed by atoms with E-state index in [1.165, 1.54) is 0 Å². The van der Waals surface area contributed by atoms with Gasteiger partial charge in [-0.05, 0) is 24.1 Å². The van der Waals surface area contributed by atoms with Crippen molar-refractivity contribution in [3.05, 3.63) is 33.8 Å². The summed E-state index contributed by atoms with van der Waals surface area (Å²) in [6.45, 7) is 1.97. The second-order valence-corrected chi connectivity index (χ2v) is 5.34. The Morgan fingerprint density at radius 3 is 2.55 bits per heavy atom. The Balaban J connectivity index is 2.60. The van der Waals surface area contributed by atoms with E-state index in [-0.39, 0.29) is 12.3 Å². The first-order valence-electron chi connectivity index (χ1n) is 6.40. The van der Waals surface area contributed by atoms with Gasteiger partial charge in [-0.15, -0.1) is 0 Å². The predicted octanol–water partition coefficient (Wildman–Crippen LogP) is 3.30. The fraction of sp³-hybridized carbons (Fsp3) is 0.429. The molecule has 0 aromatic heterocycles. The summed E-state index contributed by atoms with van der Waals surface area (Å²) in [5.41, 5.74) is 0.691. The number of nitrogens with one attached hydrogen (secondary N) is 1. The van der Waals surface area contributed by atoms with Crippen molar-refractivity contribution in [2.75, 3.05) is 0 Å². The highest BCUT2D eigenvalue weighted by Gasteiger charge is 2.19. The third-order valence-corrected chi connectivity index (χ3v) is 3.57. The molecule has 0 aliphatic rings. The normalized spacial score (nSPS) is 11.9. The molecule has 0 bridgehead atoms. The predicted molar refractivity (Wildman–Crippen MR) is 79.3 cm³/mol. The molecule has 1 aromatic carbocycles. The lowest BCUT2D eigenvalue weighted by Crippen LogP contribution is -2.41. The van der Waals surface area contributed by atoms with E-state index in [9.17, 15) is 9.59 Å². The van der Waals surface area contributed by atoms with Gasteiger partial charge in [-0.3, -0.25) is 4.79 Å². The van der Waals surface area contributed by atoms with Crippen molar-refractivity contribution in [2.45, 2.75) is 38.6 Å². The molecular formula is C14H17Cl2NO3. The lowest BCUT2D eigenvalue weighted by atomic mass is 10.1. The van der Waals surface area contributed by atoms with Crippen molar-refractivity contribution in [2.24, 2.45) is 0 Å². The summed E-state index contributed by atoms with van der Waals surface area (Å²) in [5, 5.41) is 12.4. The molecule has 1 atom stereocenters. The van der Waals surface area contributed by atoms with Crippen LogP contribution in [0, 0.1) is 0 Å². The molecule has 1 amide bonds. The van der Waals surface area contributed by atoms with Crippen LogP contribution in [0.15, 0.2) is 18.2 Å². The number of carbonyl (C=O) groups is 2.